The van der Waals surface area contributed by atoms with Gasteiger partial charge in [0.2, 0.25) is 0 Å². The summed E-state index contributed by atoms with van der Waals surface area (Å²) in [6.07, 6.45) is 2.84. The van der Waals surface area contributed by atoms with Gasteiger partial charge >= 0.3 is 0 Å². The van der Waals surface area contributed by atoms with Crippen molar-refractivity contribution in [1.29, 1.82) is 0 Å². The number of phenolic OH excluding ortho intramolecular Hbond substituents is 1. The maximum atomic E-state index is 12.9. The van der Waals surface area contributed by atoms with Crippen LogP contribution in [0.5, 0.6) is 5.75 Å². The predicted octanol–water partition coefficient (Wildman–Crippen LogP) is 3.44. The molecule has 3 aromatic carbocycles. The number of aromatic nitrogens is 2. The second kappa shape index (κ2) is 7.36. The minimum absolute atomic E-state index is 0.0446. The molecule has 4 N–H and O–H groups in total. The zero-order valence-corrected chi connectivity index (χ0v) is 14.9. The van der Waals surface area contributed by atoms with E-state index in [0.29, 0.717) is 5.56 Å². The average molecular weight is 370 g/mol. The van der Waals surface area contributed by atoms with Gasteiger partial charge < -0.3 is 16.2 Å². The maximum absolute atomic E-state index is 12.9. The molecule has 0 aliphatic rings. The van der Waals surface area contributed by atoms with Crippen molar-refractivity contribution in [3.05, 3.63) is 95.9 Å². The Morgan fingerprint density at radius 1 is 0.929 bits per heavy atom. The number of hydrogen-bond acceptors (Lipinski definition) is 5. The fourth-order valence-corrected chi connectivity index (χ4v) is 3.28. The summed E-state index contributed by atoms with van der Waals surface area (Å²) in [6, 6.07) is 20.0. The Morgan fingerprint density at radius 3 is 2.43 bits per heavy atom. The summed E-state index contributed by atoms with van der Waals surface area (Å²) in [7, 11) is 0. The third-order valence-electron chi connectivity index (χ3n) is 4.59. The molecule has 0 bridgehead atoms. The van der Waals surface area contributed by atoms with Crippen LogP contribution in [0, 0.1) is 0 Å². The Labute approximate surface area is 161 Å². The first-order valence-electron chi connectivity index (χ1n) is 8.78. The van der Waals surface area contributed by atoms with Gasteiger partial charge in [-0.15, -0.1) is 0 Å². The summed E-state index contributed by atoms with van der Waals surface area (Å²) >= 11 is 0. The van der Waals surface area contributed by atoms with E-state index in [-0.39, 0.29) is 17.3 Å². The number of nitrogen functional groups attached to an aromatic ring is 1. The highest BCUT2D eigenvalue weighted by atomic mass is 16.3. The number of nitrogens with one attached hydrogen (secondary N) is 1. The summed E-state index contributed by atoms with van der Waals surface area (Å²) in [4.78, 5) is 20.9. The third-order valence-corrected chi connectivity index (χ3v) is 4.59. The minimum atomic E-state index is -0.596. The topological polar surface area (TPSA) is 101 Å². The van der Waals surface area contributed by atoms with Crippen LogP contribution >= 0.6 is 0 Å². The number of nitrogens with two attached hydrogens (primary N) is 1. The smallest absolute Gasteiger partial charge is 0.274 e. The lowest BCUT2D eigenvalue weighted by Crippen LogP contribution is -2.31. The van der Waals surface area contributed by atoms with Gasteiger partial charge in [0.1, 0.15) is 5.75 Å². The van der Waals surface area contributed by atoms with Crippen LogP contribution in [0.15, 0.2) is 79.1 Å². The first-order chi connectivity index (χ1) is 13.6. The summed E-state index contributed by atoms with van der Waals surface area (Å²) in [6.45, 7) is 0. The Morgan fingerprint density at radius 2 is 1.64 bits per heavy atom. The molecule has 0 aliphatic heterocycles. The minimum Gasteiger partial charge on any atom is -0.508 e. The van der Waals surface area contributed by atoms with Crippen LogP contribution < -0.4 is 11.1 Å². The molecule has 0 saturated carbocycles. The van der Waals surface area contributed by atoms with E-state index in [1.54, 1.807) is 6.07 Å². The van der Waals surface area contributed by atoms with E-state index in [0.717, 1.165) is 16.3 Å². The monoisotopic (exact) mass is 370 g/mol. The van der Waals surface area contributed by atoms with Crippen molar-refractivity contribution in [2.24, 2.45) is 0 Å². The number of anilines is 1. The molecular weight excluding hydrogens is 352 g/mol. The molecule has 4 rings (SSSR count). The number of nitrogens with zero attached hydrogens (tertiary/aromatic N) is 2. The number of carbonyl (C=O) groups is 1. The lowest BCUT2D eigenvalue weighted by molar-refractivity contribution is 0.0938. The Balaban J connectivity index is 1.86. The fourth-order valence-electron chi connectivity index (χ4n) is 3.28. The van der Waals surface area contributed by atoms with E-state index in [1.165, 1.54) is 12.4 Å². The number of hydrogen-bond donors (Lipinski definition) is 3. The van der Waals surface area contributed by atoms with Crippen LogP contribution in [-0.2, 0) is 0 Å². The van der Waals surface area contributed by atoms with Crippen LogP contribution in [-0.4, -0.2) is 21.0 Å². The molecule has 6 nitrogen and oxygen atoms in total. The van der Waals surface area contributed by atoms with Crippen LogP contribution in [0.25, 0.3) is 10.8 Å². The standard InChI is InChI=1S/C22H18N4O2/c23-21-20(24-12-13-25-21)22(28)26-19(15-7-2-1-3-8-15)18-16-9-5-4-6-14(16)10-11-17(18)27/h1-13,19,27H,(H2,23,25)(H,26,28). The number of carbonyl (C=O) groups excluding carboxylic acids is 1. The zero-order valence-electron chi connectivity index (χ0n) is 14.9. The first-order valence-corrected chi connectivity index (χ1v) is 8.78. The molecule has 1 amide bonds. The molecule has 28 heavy (non-hydrogen) atoms. The summed E-state index contributed by atoms with van der Waals surface area (Å²) in [5.74, 6) is -0.319. The molecular formula is C22H18N4O2. The molecule has 0 saturated heterocycles. The lowest BCUT2D eigenvalue weighted by Gasteiger charge is -2.22. The van der Waals surface area contributed by atoms with E-state index in [9.17, 15) is 9.90 Å². The molecule has 138 valence electrons. The summed E-state index contributed by atoms with van der Waals surface area (Å²) in [5.41, 5.74) is 7.29. The van der Waals surface area contributed by atoms with Gasteiger partial charge in [0.05, 0.1) is 6.04 Å². The van der Waals surface area contributed by atoms with Crippen molar-refractivity contribution in [3.63, 3.8) is 0 Å². The largest absolute Gasteiger partial charge is 0.508 e. The van der Waals surface area contributed by atoms with Crippen LogP contribution in [0.3, 0.4) is 0 Å². The van der Waals surface area contributed by atoms with E-state index in [1.807, 2.05) is 60.7 Å². The Bertz CT molecular complexity index is 1150. The van der Waals surface area contributed by atoms with Crippen molar-refractivity contribution >= 4 is 22.5 Å². The number of benzene rings is 3. The van der Waals surface area contributed by atoms with Gasteiger partial charge in [-0.2, -0.15) is 0 Å². The van der Waals surface area contributed by atoms with Gasteiger partial charge in [0, 0.05) is 18.0 Å². The van der Waals surface area contributed by atoms with Crippen LogP contribution in [0.1, 0.15) is 27.7 Å². The molecule has 0 radical (unpaired) electrons. The molecule has 1 atom stereocenters. The Kier molecular flexibility index (Phi) is 4.60. The van der Waals surface area contributed by atoms with E-state index in [4.69, 9.17) is 5.73 Å². The number of amides is 1. The number of aromatic hydroxyl groups is 1. The van der Waals surface area contributed by atoms with Gasteiger partial charge in [-0.3, -0.25) is 4.79 Å². The fraction of sp³-hybridized carbons (Fsp3) is 0.0455. The molecule has 0 fully saturated rings. The van der Waals surface area contributed by atoms with Crippen molar-refractivity contribution in [1.82, 2.24) is 15.3 Å². The average Bonchev–Trinajstić information content (AvgIpc) is 2.73. The lowest BCUT2D eigenvalue weighted by atomic mass is 9.92. The summed E-state index contributed by atoms with van der Waals surface area (Å²) in [5, 5.41) is 15.4. The van der Waals surface area contributed by atoms with Crippen LogP contribution in [0.4, 0.5) is 5.82 Å². The molecule has 6 heteroatoms. The normalized spacial score (nSPS) is 11.9. The van der Waals surface area contributed by atoms with E-state index >= 15 is 0 Å². The van der Waals surface area contributed by atoms with Crippen molar-refractivity contribution in [3.8, 4) is 5.75 Å². The highest BCUT2D eigenvalue weighted by Gasteiger charge is 2.24. The molecule has 0 spiro atoms. The van der Waals surface area contributed by atoms with Gasteiger partial charge in [-0.05, 0) is 22.4 Å². The van der Waals surface area contributed by atoms with E-state index in [2.05, 4.69) is 15.3 Å². The van der Waals surface area contributed by atoms with Crippen LogP contribution in [0.2, 0.25) is 0 Å². The number of fused-ring (bicyclic) bond motifs is 1. The molecule has 0 aliphatic carbocycles. The van der Waals surface area contributed by atoms with Crippen molar-refractivity contribution < 1.29 is 9.90 Å². The molecule has 4 aromatic rings. The third kappa shape index (κ3) is 3.23. The number of phenols is 1. The Hall–Kier alpha value is -3.93. The van der Waals surface area contributed by atoms with Crippen molar-refractivity contribution in [2.75, 3.05) is 5.73 Å². The highest BCUT2D eigenvalue weighted by Crippen LogP contribution is 2.36. The predicted molar refractivity (Wildman–Crippen MR) is 108 cm³/mol. The molecule has 1 unspecified atom stereocenters. The van der Waals surface area contributed by atoms with Gasteiger partial charge in [0.15, 0.2) is 11.5 Å². The molecule has 1 heterocycles. The van der Waals surface area contributed by atoms with Gasteiger partial charge in [-0.1, -0.05) is 60.7 Å². The SMILES string of the molecule is Nc1nccnc1C(=O)NC(c1ccccc1)c1c(O)ccc2ccccc12. The summed E-state index contributed by atoms with van der Waals surface area (Å²) < 4.78 is 0. The second-order valence-electron chi connectivity index (χ2n) is 6.33. The molecule has 1 aromatic heterocycles. The van der Waals surface area contributed by atoms with Crippen molar-refractivity contribution in [2.45, 2.75) is 6.04 Å². The van der Waals surface area contributed by atoms with E-state index < -0.39 is 11.9 Å². The van der Waals surface area contributed by atoms with Gasteiger partial charge in [-0.25, -0.2) is 9.97 Å². The zero-order chi connectivity index (χ0) is 19.5. The highest BCUT2D eigenvalue weighted by molar-refractivity contribution is 5.97. The number of rotatable bonds is 4. The quantitative estimate of drug-likeness (QED) is 0.511. The maximum Gasteiger partial charge on any atom is 0.274 e. The second-order valence-corrected chi connectivity index (χ2v) is 6.33. The first kappa shape index (κ1) is 17.5. The van der Waals surface area contributed by atoms with Gasteiger partial charge in [0.25, 0.3) is 5.91 Å².